The third kappa shape index (κ3) is 6.75. The first-order valence-electron chi connectivity index (χ1n) is 9.60. The Morgan fingerprint density at radius 2 is 1.93 bits per heavy atom. The van der Waals surface area contributed by atoms with Crippen LogP contribution in [0.2, 0.25) is 0 Å². The zero-order chi connectivity index (χ0) is 19.5. The number of guanidine groups is 1. The Morgan fingerprint density at radius 3 is 2.52 bits per heavy atom. The minimum Gasteiger partial charge on any atom is -0.469 e. The molecule has 27 heavy (non-hydrogen) atoms. The molecule has 1 heterocycles. The first-order valence-corrected chi connectivity index (χ1v) is 9.60. The molecule has 1 aliphatic rings. The summed E-state index contributed by atoms with van der Waals surface area (Å²) in [7, 11) is 3.15. The topological polar surface area (TPSA) is 75.2 Å². The minimum atomic E-state index is -0.101. The summed E-state index contributed by atoms with van der Waals surface area (Å²) in [5, 5.41) is 6.67. The highest BCUT2D eigenvalue weighted by atomic mass is 16.5. The lowest BCUT2D eigenvalue weighted by atomic mass is 9.97. The van der Waals surface area contributed by atoms with Gasteiger partial charge in [0.15, 0.2) is 5.96 Å². The molecule has 0 radical (unpaired) electrons. The van der Waals surface area contributed by atoms with Crippen molar-refractivity contribution in [1.29, 1.82) is 0 Å². The fourth-order valence-electron chi connectivity index (χ4n) is 3.11. The van der Waals surface area contributed by atoms with E-state index in [4.69, 9.17) is 14.5 Å². The van der Waals surface area contributed by atoms with Crippen molar-refractivity contribution < 1.29 is 14.3 Å². The molecular weight excluding hydrogens is 344 g/mol. The number of carbonyl (C=O) groups is 1. The van der Waals surface area contributed by atoms with E-state index < -0.39 is 0 Å². The van der Waals surface area contributed by atoms with Gasteiger partial charge in [-0.25, -0.2) is 4.99 Å². The predicted octanol–water partition coefficient (Wildman–Crippen LogP) is 2.10. The Labute approximate surface area is 162 Å². The molecule has 1 aromatic carbocycles. The normalized spacial score (nSPS) is 15.5. The number of nitrogens with zero attached hydrogens (tertiary/aromatic N) is 2. The van der Waals surface area contributed by atoms with Gasteiger partial charge in [0.05, 0.1) is 26.2 Å². The number of benzene rings is 1. The zero-order valence-corrected chi connectivity index (χ0v) is 16.7. The molecule has 1 saturated heterocycles. The van der Waals surface area contributed by atoms with Crippen LogP contribution in [0.3, 0.4) is 0 Å². The summed E-state index contributed by atoms with van der Waals surface area (Å²) in [6, 6.07) is 8.31. The van der Waals surface area contributed by atoms with Crippen LogP contribution < -0.4 is 10.6 Å². The minimum absolute atomic E-state index is 0.00674. The summed E-state index contributed by atoms with van der Waals surface area (Å²) in [6.07, 6.45) is 1.61. The molecule has 0 unspecified atom stereocenters. The number of ether oxygens (including phenoxy) is 2. The molecule has 2 rings (SSSR count). The third-order valence-corrected chi connectivity index (χ3v) is 4.66. The highest BCUT2D eigenvalue weighted by molar-refractivity contribution is 5.80. The summed E-state index contributed by atoms with van der Waals surface area (Å²) < 4.78 is 9.90. The fourth-order valence-corrected chi connectivity index (χ4v) is 3.11. The van der Waals surface area contributed by atoms with E-state index in [1.807, 2.05) is 0 Å². The Kier molecular flexibility index (Phi) is 8.91. The van der Waals surface area contributed by atoms with Crippen molar-refractivity contribution in [2.24, 2.45) is 10.9 Å². The Balaban J connectivity index is 1.90. The Bertz CT molecular complexity index is 596. The second kappa shape index (κ2) is 11.4. The van der Waals surface area contributed by atoms with Crippen molar-refractivity contribution in [2.75, 3.05) is 52.3 Å². The van der Waals surface area contributed by atoms with Crippen LogP contribution in [-0.2, 0) is 20.8 Å². The summed E-state index contributed by atoms with van der Waals surface area (Å²) in [6.45, 7) is 6.61. The molecule has 0 atom stereocenters. The predicted molar refractivity (Wildman–Crippen MR) is 108 cm³/mol. The summed E-state index contributed by atoms with van der Waals surface area (Å²) in [4.78, 5) is 18.7. The highest BCUT2D eigenvalue weighted by Crippen LogP contribution is 2.19. The second-order valence-electron chi connectivity index (χ2n) is 6.57. The first kappa shape index (κ1) is 21.0. The van der Waals surface area contributed by atoms with Crippen LogP contribution in [0, 0.1) is 5.92 Å². The zero-order valence-electron chi connectivity index (χ0n) is 16.7. The van der Waals surface area contributed by atoms with E-state index in [1.165, 1.54) is 7.11 Å². The number of likely N-dealkylation sites (tertiary alicyclic amines) is 1. The van der Waals surface area contributed by atoms with E-state index in [9.17, 15) is 4.79 Å². The van der Waals surface area contributed by atoms with Crippen LogP contribution in [-0.4, -0.2) is 63.8 Å². The van der Waals surface area contributed by atoms with Gasteiger partial charge in [-0.15, -0.1) is 0 Å². The number of piperidine rings is 1. The van der Waals surface area contributed by atoms with Gasteiger partial charge >= 0.3 is 5.97 Å². The van der Waals surface area contributed by atoms with Gasteiger partial charge in [-0.1, -0.05) is 12.1 Å². The fraction of sp³-hybridized carbons (Fsp3) is 0.600. The van der Waals surface area contributed by atoms with Crippen LogP contribution in [0.1, 0.15) is 25.3 Å². The van der Waals surface area contributed by atoms with Crippen LogP contribution in [0.15, 0.2) is 29.3 Å². The lowest BCUT2D eigenvalue weighted by Crippen LogP contribution is -2.46. The molecule has 0 aromatic heterocycles. The van der Waals surface area contributed by atoms with Gasteiger partial charge in [0.1, 0.15) is 0 Å². The van der Waals surface area contributed by atoms with Gasteiger partial charge in [0.2, 0.25) is 0 Å². The molecule has 150 valence electrons. The number of hydrogen-bond acceptors (Lipinski definition) is 5. The van der Waals surface area contributed by atoms with Crippen LogP contribution in [0.4, 0.5) is 5.69 Å². The van der Waals surface area contributed by atoms with Crippen LogP contribution in [0.25, 0.3) is 0 Å². The maximum atomic E-state index is 11.7. The quantitative estimate of drug-likeness (QED) is 0.313. The molecular formula is C20H32N4O3. The van der Waals surface area contributed by atoms with Crippen molar-refractivity contribution >= 4 is 17.6 Å². The number of nitrogens with one attached hydrogen (secondary N) is 2. The SMILES string of the molecule is CCNC(=NCc1ccc(NCCOC)cc1)N1CCC(C(=O)OC)CC1. The van der Waals surface area contributed by atoms with E-state index in [1.54, 1.807) is 7.11 Å². The molecule has 1 fully saturated rings. The number of esters is 1. The maximum absolute atomic E-state index is 11.7. The van der Waals surface area contributed by atoms with E-state index in [2.05, 4.69) is 46.7 Å². The van der Waals surface area contributed by atoms with Gasteiger partial charge < -0.3 is 25.0 Å². The molecule has 0 saturated carbocycles. The first-order chi connectivity index (χ1) is 13.2. The Morgan fingerprint density at radius 1 is 1.22 bits per heavy atom. The van der Waals surface area contributed by atoms with E-state index in [-0.39, 0.29) is 11.9 Å². The molecule has 0 aliphatic carbocycles. The lowest BCUT2D eigenvalue weighted by molar-refractivity contribution is -0.146. The van der Waals surface area contributed by atoms with Crippen molar-refractivity contribution in [3.05, 3.63) is 29.8 Å². The standard InChI is InChI=1S/C20H32N4O3/c1-4-21-20(24-12-9-17(10-13-24)19(25)27-3)23-15-16-5-7-18(8-6-16)22-11-14-26-2/h5-8,17,22H,4,9-15H2,1-3H3,(H,21,23). The molecule has 7 heteroatoms. The van der Waals surface area contributed by atoms with E-state index in [0.29, 0.717) is 13.2 Å². The number of rotatable bonds is 8. The number of aliphatic imine (C=N–C) groups is 1. The Hall–Kier alpha value is -2.28. The summed E-state index contributed by atoms with van der Waals surface area (Å²) in [5.41, 5.74) is 2.24. The van der Waals surface area contributed by atoms with E-state index >= 15 is 0 Å². The number of anilines is 1. The average Bonchev–Trinajstić information content (AvgIpc) is 2.72. The van der Waals surface area contributed by atoms with Crippen molar-refractivity contribution in [3.8, 4) is 0 Å². The third-order valence-electron chi connectivity index (χ3n) is 4.66. The molecule has 0 spiro atoms. The van der Waals surface area contributed by atoms with E-state index in [0.717, 1.165) is 56.2 Å². The molecule has 7 nitrogen and oxygen atoms in total. The van der Waals surface area contributed by atoms with Crippen molar-refractivity contribution in [3.63, 3.8) is 0 Å². The monoisotopic (exact) mass is 376 g/mol. The van der Waals surface area contributed by atoms with Crippen LogP contribution in [0.5, 0.6) is 0 Å². The largest absolute Gasteiger partial charge is 0.469 e. The van der Waals surface area contributed by atoms with Gasteiger partial charge in [-0.2, -0.15) is 0 Å². The number of hydrogen-bond donors (Lipinski definition) is 2. The average molecular weight is 377 g/mol. The highest BCUT2D eigenvalue weighted by Gasteiger charge is 2.26. The molecule has 0 amide bonds. The number of methoxy groups -OCH3 is 2. The summed E-state index contributed by atoms with van der Waals surface area (Å²) >= 11 is 0. The summed E-state index contributed by atoms with van der Waals surface area (Å²) in [5.74, 6) is 0.811. The maximum Gasteiger partial charge on any atom is 0.308 e. The van der Waals surface area contributed by atoms with Gasteiger partial charge in [0.25, 0.3) is 0 Å². The van der Waals surface area contributed by atoms with Crippen molar-refractivity contribution in [2.45, 2.75) is 26.3 Å². The molecule has 0 bridgehead atoms. The molecule has 1 aliphatic heterocycles. The smallest absolute Gasteiger partial charge is 0.308 e. The molecule has 2 N–H and O–H groups in total. The number of carbonyl (C=O) groups excluding carboxylic acids is 1. The lowest BCUT2D eigenvalue weighted by Gasteiger charge is -2.33. The molecule has 1 aromatic rings. The van der Waals surface area contributed by atoms with Gasteiger partial charge in [-0.3, -0.25) is 4.79 Å². The van der Waals surface area contributed by atoms with Gasteiger partial charge in [0, 0.05) is 39.0 Å². The van der Waals surface area contributed by atoms with Crippen LogP contribution >= 0.6 is 0 Å². The van der Waals surface area contributed by atoms with Gasteiger partial charge in [-0.05, 0) is 37.5 Å². The van der Waals surface area contributed by atoms with Crippen molar-refractivity contribution in [1.82, 2.24) is 10.2 Å². The second-order valence-corrected chi connectivity index (χ2v) is 6.57.